The van der Waals surface area contributed by atoms with E-state index in [4.69, 9.17) is 9.47 Å². The van der Waals surface area contributed by atoms with Crippen molar-refractivity contribution in [2.75, 3.05) is 26.8 Å². The summed E-state index contributed by atoms with van der Waals surface area (Å²) in [5.74, 6) is 0.730. The topological polar surface area (TPSA) is 60.8 Å². The van der Waals surface area contributed by atoms with E-state index in [0.717, 1.165) is 24.2 Å². The summed E-state index contributed by atoms with van der Waals surface area (Å²) in [7, 11) is 1.39. The summed E-state index contributed by atoms with van der Waals surface area (Å²) in [5, 5.41) is 0. The van der Waals surface area contributed by atoms with Gasteiger partial charge in [-0.05, 0) is 49.9 Å². The molecule has 2 heterocycles. The summed E-state index contributed by atoms with van der Waals surface area (Å²) in [4.78, 5) is 26.3. The van der Waals surface area contributed by atoms with E-state index >= 15 is 0 Å². The molecule has 1 aromatic heterocycles. The number of benzene rings is 1. The van der Waals surface area contributed by atoms with E-state index in [-0.39, 0.29) is 17.9 Å². The van der Waals surface area contributed by atoms with Crippen LogP contribution in [-0.4, -0.2) is 48.1 Å². The van der Waals surface area contributed by atoms with Crippen molar-refractivity contribution in [3.63, 3.8) is 0 Å². The number of rotatable bonds is 7. The van der Waals surface area contributed by atoms with E-state index in [9.17, 15) is 9.59 Å². The second-order valence-electron chi connectivity index (χ2n) is 7.12. The minimum atomic E-state index is -0.322. The van der Waals surface area contributed by atoms with Crippen LogP contribution in [0.5, 0.6) is 5.75 Å². The van der Waals surface area contributed by atoms with E-state index in [2.05, 4.69) is 0 Å². The van der Waals surface area contributed by atoms with Crippen LogP contribution < -0.4 is 4.74 Å². The number of ether oxygens (including phenoxy) is 2. The van der Waals surface area contributed by atoms with Crippen molar-refractivity contribution in [2.45, 2.75) is 38.6 Å². The number of hydrogen-bond donors (Lipinski definition) is 0. The van der Waals surface area contributed by atoms with Gasteiger partial charge in [0.25, 0.3) is 0 Å². The van der Waals surface area contributed by atoms with Gasteiger partial charge in [-0.1, -0.05) is 18.2 Å². The lowest BCUT2D eigenvalue weighted by molar-refractivity contribution is -0.132. The molecule has 0 aliphatic carbocycles. The Morgan fingerprint density at radius 2 is 1.86 bits per heavy atom. The monoisotopic (exact) mass is 384 g/mol. The van der Waals surface area contributed by atoms with Gasteiger partial charge in [0.05, 0.1) is 13.7 Å². The summed E-state index contributed by atoms with van der Waals surface area (Å²) in [6, 6.07) is 11.8. The molecule has 0 atom stereocenters. The molecule has 2 aromatic rings. The molecule has 1 aliphatic heterocycles. The molecule has 1 amide bonds. The maximum absolute atomic E-state index is 12.5. The van der Waals surface area contributed by atoms with Crippen LogP contribution in [0.25, 0.3) is 0 Å². The van der Waals surface area contributed by atoms with Gasteiger partial charge in [-0.25, -0.2) is 4.79 Å². The molecule has 3 rings (SSSR count). The lowest BCUT2D eigenvalue weighted by atomic mass is 10.0. The van der Waals surface area contributed by atoms with Crippen LogP contribution in [-0.2, 0) is 9.53 Å². The van der Waals surface area contributed by atoms with Crippen LogP contribution in [0.15, 0.2) is 42.6 Å². The quantitative estimate of drug-likeness (QED) is 0.540. The zero-order valence-electron chi connectivity index (χ0n) is 16.6. The zero-order valence-corrected chi connectivity index (χ0v) is 16.6. The van der Waals surface area contributed by atoms with Crippen molar-refractivity contribution in [1.29, 1.82) is 0 Å². The molecular formula is C22H28N2O4. The van der Waals surface area contributed by atoms with Crippen LogP contribution in [0, 0.1) is 6.92 Å². The Morgan fingerprint density at radius 3 is 2.57 bits per heavy atom. The minimum Gasteiger partial charge on any atom is -0.493 e. The Hall–Kier alpha value is -2.76. The standard InChI is InChI=1S/C22H28N2O4/c1-17-7-3-4-9-20(17)28-16-6-10-21(25)23-14-11-18(12-15-23)24-13-5-8-19(24)22(26)27-2/h3-5,7-9,13,18H,6,10-12,14-16H2,1-2H3. The summed E-state index contributed by atoms with van der Waals surface area (Å²) in [6.45, 7) is 3.97. The number of esters is 1. The number of nitrogens with zero attached hydrogens (tertiary/aromatic N) is 2. The number of carbonyl (C=O) groups is 2. The predicted molar refractivity (Wildman–Crippen MR) is 107 cm³/mol. The van der Waals surface area contributed by atoms with E-state index in [1.54, 1.807) is 6.07 Å². The third-order valence-electron chi connectivity index (χ3n) is 5.27. The molecule has 28 heavy (non-hydrogen) atoms. The smallest absolute Gasteiger partial charge is 0.354 e. The predicted octanol–water partition coefficient (Wildman–Crippen LogP) is 3.61. The highest BCUT2D eigenvalue weighted by Crippen LogP contribution is 2.25. The number of para-hydroxylation sites is 1. The normalized spacial score (nSPS) is 14.7. The lowest BCUT2D eigenvalue weighted by Crippen LogP contribution is -2.39. The Bertz CT molecular complexity index is 806. The van der Waals surface area contributed by atoms with Crippen LogP contribution in [0.2, 0.25) is 0 Å². The molecule has 0 bridgehead atoms. The number of aryl methyl sites for hydroxylation is 1. The Labute approximate surface area is 166 Å². The van der Waals surface area contributed by atoms with E-state index in [1.807, 2.05) is 52.9 Å². The molecule has 6 heteroatoms. The molecule has 6 nitrogen and oxygen atoms in total. The highest BCUT2D eigenvalue weighted by Gasteiger charge is 2.25. The molecule has 1 saturated heterocycles. The first-order chi connectivity index (χ1) is 13.6. The first kappa shape index (κ1) is 20.0. The molecule has 1 aromatic carbocycles. The first-order valence-electron chi connectivity index (χ1n) is 9.81. The fraction of sp³-hybridized carbons (Fsp3) is 0.455. The SMILES string of the molecule is COC(=O)c1cccn1C1CCN(C(=O)CCCOc2ccccc2C)CC1. The molecule has 150 valence electrons. The molecule has 0 unspecified atom stereocenters. The lowest BCUT2D eigenvalue weighted by Gasteiger charge is -2.33. The fourth-order valence-electron chi connectivity index (χ4n) is 3.67. The van der Waals surface area contributed by atoms with Crippen LogP contribution in [0.3, 0.4) is 0 Å². The van der Waals surface area contributed by atoms with Crippen LogP contribution in [0.4, 0.5) is 0 Å². The molecule has 1 aliphatic rings. The number of methoxy groups -OCH3 is 1. The first-order valence-corrected chi connectivity index (χ1v) is 9.81. The van der Waals surface area contributed by atoms with Crippen molar-refractivity contribution in [1.82, 2.24) is 9.47 Å². The Balaban J connectivity index is 1.42. The second-order valence-corrected chi connectivity index (χ2v) is 7.12. The molecule has 0 saturated carbocycles. The Morgan fingerprint density at radius 1 is 1.11 bits per heavy atom. The van der Waals surface area contributed by atoms with E-state index in [1.165, 1.54) is 7.11 Å². The van der Waals surface area contributed by atoms with Gasteiger partial charge in [-0.15, -0.1) is 0 Å². The zero-order chi connectivity index (χ0) is 19.9. The van der Waals surface area contributed by atoms with Crippen LogP contribution >= 0.6 is 0 Å². The van der Waals surface area contributed by atoms with Gasteiger partial charge >= 0.3 is 5.97 Å². The van der Waals surface area contributed by atoms with Crippen molar-refractivity contribution in [3.8, 4) is 5.75 Å². The highest BCUT2D eigenvalue weighted by molar-refractivity contribution is 5.87. The maximum Gasteiger partial charge on any atom is 0.354 e. The van der Waals surface area contributed by atoms with E-state index < -0.39 is 0 Å². The van der Waals surface area contributed by atoms with Gasteiger partial charge in [0.15, 0.2) is 0 Å². The number of aromatic nitrogens is 1. The molecule has 1 fully saturated rings. The largest absolute Gasteiger partial charge is 0.493 e. The third-order valence-corrected chi connectivity index (χ3v) is 5.27. The molecule has 0 spiro atoms. The van der Waals surface area contributed by atoms with Gasteiger partial charge in [0, 0.05) is 31.7 Å². The average molecular weight is 384 g/mol. The number of piperidine rings is 1. The Kier molecular flexibility index (Phi) is 6.74. The fourth-order valence-corrected chi connectivity index (χ4v) is 3.67. The molecule has 0 radical (unpaired) electrons. The second kappa shape index (κ2) is 9.44. The van der Waals surface area contributed by atoms with Gasteiger partial charge in [0.1, 0.15) is 11.4 Å². The molecular weight excluding hydrogens is 356 g/mol. The highest BCUT2D eigenvalue weighted by atomic mass is 16.5. The number of amides is 1. The number of likely N-dealkylation sites (tertiary alicyclic amines) is 1. The van der Waals surface area contributed by atoms with Crippen molar-refractivity contribution in [2.24, 2.45) is 0 Å². The summed E-state index contributed by atoms with van der Waals surface area (Å²) in [5.41, 5.74) is 1.67. The summed E-state index contributed by atoms with van der Waals surface area (Å²) in [6.07, 6.45) is 4.79. The minimum absolute atomic E-state index is 0.174. The number of carbonyl (C=O) groups excluding carboxylic acids is 2. The van der Waals surface area contributed by atoms with Crippen molar-refractivity contribution in [3.05, 3.63) is 53.9 Å². The van der Waals surface area contributed by atoms with Gasteiger partial charge < -0.3 is 18.9 Å². The van der Waals surface area contributed by atoms with Gasteiger partial charge in [0.2, 0.25) is 5.91 Å². The summed E-state index contributed by atoms with van der Waals surface area (Å²) >= 11 is 0. The molecule has 0 N–H and O–H groups in total. The van der Waals surface area contributed by atoms with Crippen LogP contribution in [0.1, 0.15) is 47.8 Å². The van der Waals surface area contributed by atoms with E-state index in [0.29, 0.717) is 38.2 Å². The third kappa shape index (κ3) is 4.74. The van der Waals surface area contributed by atoms with Crippen molar-refractivity contribution >= 4 is 11.9 Å². The average Bonchev–Trinajstić information content (AvgIpc) is 3.21. The maximum atomic E-state index is 12.5. The number of hydrogen-bond acceptors (Lipinski definition) is 4. The van der Waals surface area contributed by atoms with Crippen molar-refractivity contribution < 1.29 is 19.1 Å². The van der Waals surface area contributed by atoms with Gasteiger partial charge in [-0.2, -0.15) is 0 Å². The summed E-state index contributed by atoms with van der Waals surface area (Å²) < 4.78 is 12.6. The van der Waals surface area contributed by atoms with Gasteiger partial charge in [-0.3, -0.25) is 4.79 Å².